The second kappa shape index (κ2) is 5.81. The molecule has 2 rings (SSSR count). The fourth-order valence-electron chi connectivity index (χ4n) is 3.10. The van der Waals surface area contributed by atoms with Gasteiger partial charge in [-0.15, -0.1) is 0 Å². The molecule has 3 heteroatoms. The summed E-state index contributed by atoms with van der Waals surface area (Å²) in [6.45, 7) is 8.08. The van der Waals surface area contributed by atoms with E-state index in [4.69, 9.17) is 5.73 Å². The van der Waals surface area contributed by atoms with E-state index >= 15 is 0 Å². The molecule has 2 unspecified atom stereocenters. The largest absolute Gasteiger partial charge is 0.326 e. The van der Waals surface area contributed by atoms with Crippen molar-refractivity contribution in [3.05, 3.63) is 35.1 Å². The van der Waals surface area contributed by atoms with Crippen LogP contribution in [0.15, 0.2) is 18.2 Å². The average Bonchev–Trinajstić information content (AvgIpc) is 2.27. The van der Waals surface area contributed by atoms with Gasteiger partial charge in [-0.05, 0) is 41.5 Å². The van der Waals surface area contributed by atoms with Crippen LogP contribution in [0, 0.1) is 17.7 Å². The quantitative estimate of drug-likeness (QED) is 0.893. The van der Waals surface area contributed by atoms with Gasteiger partial charge in [0.15, 0.2) is 0 Å². The predicted octanol–water partition coefficient (Wildman–Crippen LogP) is 2.76. The normalized spacial score (nSPS) is 25.3. The van der Waals surface area contributed by atoms with Gasteiger partial charge in [-0.3, -0.25) is 4.90 Å². The van der Waals surface area contributed by atoms with Gasteiger partial charge in [0.1, 0.15) is 5.82 Å². The average molecular weight is 250 g/mol. The summed E-state index contributed by atoms with van der Waals surface area (Å²) in [5, 5.41) is 0. The minimum Gasteiger partial charge on any atom is -0.326 e. The molecular formula is C15H23FN2. The zero-order valence-electron chi connectivity index (χ0n) is 11.3. The molecule has 2 N–H and O–H groups in total. The standard InChI is InChI=1S/C15H23FN2/c1-11-5-12(2)9-18(8-11)10-14-6-15(16)4-3-13(14)7-17/h3-4,6,11-12H,5,7-10,17H2,1-2H3. The lowest BCUT2D eigenvalue weighted by atomic mass is 9.91. The molecule has 1 aliphatic rings. The number of likely N-dealkylation sites (tertiary alicyclic amines) is 1. The molecule has 0 aromatic heterocycles. The zero-order valence-corrected chi connectivity index (χ0v) is 11.3. The number of hydrogen-bond donors (Lipinski definition) is 1. The van der Waals surface area contributed by atoms with E-state index in [-0.39, 0.29) is 5.82 Å². The number of halogens is 1. The Labute approximate surface area is 109 Å². The van der Waals surface area contributed by atoms with E-state index in [1.165, 1.54) is 12.5 Å². The maximum atomic E-state index is 13.3. The van der Waals surface area contributed by atoms with Crippen LogP contribution in [0.25, 0.3) is 0 Å². The van der Waals surface area contributed by atoms with Gasteiger partial charge in [0.25, 0.3) is 0 Å². The first-order chi connectivity index (χ1) is 8.58. The first-order valence-electron chi connectivity index (χ1n) is 6.78. The summed E-state index contributed by atoms with van der Waals surface area (Å²) in [6, 6.07) is 4.93. The molecule has 1 aromatic carbocycles. The molecule has 1 heterocycles. The Morgan fingerprint density at radius 1 is 1.22 bits per heavy atom. The van der Waals surface area contributed by atoms with E-state index in [9.17, 15) is 4.39 Å². The van der Waals surface area contributed by atoms with E-state index in [1.54, 1.807) is 6.07 Å². The first kappa shape index (κ1) is 13.5. The molecule has 0 saturated carbocycles. The third kappa shape index (κ3) is 3.30. The van der Waals surface area contributed by atoms with E-state index in [1.807, 2.05) is 6.07 Å². The lowest BCUT2D eigenvalue weighted by Gasteiger charge is -2.35. The van der Waals surface area contributed by atoms with Crippen LogP contribution in [0.1, 0.15) is 31.4 Å². The smallest absolute Gasteiger partial charge is 0.123 e. The topological polar surface area (TPSA) is 29.3 Å². The van der Waals surface area contributed by atoms with Crippen molar-refractivity contribution >= 4 is 0 Å². The van der Waals surface area contributed by atoms with Crippen LogP contribution in [-0.2, 0) is 13.1 Å². The molecule has 1 aliphatic heterocycles. The minimum absolute atomic E-state index is 0.166. The van der Waals surface area contributed by atoms with Crippen molar-refractivity contribution in [2.24, 2.45) is 17.6 Å². The SMILES string of the molecule is CC1CC(C)CN(Cc2cc(F)ccc2CN)C1. The lowest BCUT2D eigenvalue weighted by molar-refractivity contribution is 0.134. The number of nitrogens with zero attached hydrogens (tertiary/aromatic N) is 1. The monoisotopic (exact) mass is 250 g/mol. The lowest BCUT2D eigenvalue weighted by Crippen LogP contribution is -2.38. The van der Waals surface area contributed by atoms with E-state index in [2.05, 4.69) is 18.7 Å². The number of rotatable bonds is 3. The molecule has 1 fully saturated rings. The second-order valence-corrected chi connectivity index (χ2v) is 5.76. The van der Waals surface area contributed by atoms with Crippen molar-refractivity contribution in [2.75, 3.05) is 13.1 Å². The number of piperidine rings is 1. The summed E-state index contributed by atoms with van der Waals surface area (Å²) >= 11 is 0. The molecule has 2 nitrogen and oxygen atoms in total. The molecule has 2 atom stereocenters. The molecule has 0 aliphatic carbocycles. The fraction of sp³-hybridized carbons (Fsp3) is 0.600. The van der Waals surface area contributed by atoms with Crippen LogP contribution in [-0.4, -0.2) is 18.0 Å². The number of benzene rings is 1. The zero-order chi connectivity index (χ0) is 13.1. The van der Waals surface area contributed by atoms with Crippen LogP contribution < -0.4 is 5.73 Å². The van der Waals surface area contributed by atoms with E-state index < -0.39 is 0 Å². The van der Waals surface area contributed by atoms with Gasteiger partial charge in [0, 0.05) is 26.2 Å². The van der Waals surface area contributed by atoms with Crippen molar-refractivity contribution < 1.29 is 4.39 Å². The Morgan fingerprint density at radius 2 is 1.89 bits per heavy atom. The number of hydrogen-bond acceptors (Lipinski definition) is 2. The van der Waals surface area contributed by atoms with Crippen LogP contribution in [0.5, 0.6) is 0 Å². The molecule has 0 spiro atoms. The van der Waals surface area contributed by atoms with Crippen molar-refractivity contribution in [1.82, 2.24) is 4.90 Å². The van der Waals surface area contributed by atoms with E-state index in [0.29, 0.717) is 6.54 Å². The highest BCUT2D eigenvalue weighted by Crippen LogP contribution is 2.23. The maximum Gasteiger partial charge on any atom is 0.123 e. The molecule has 100 valence electrons. The summed E-state index contributed by atoms with van der Waals surface area (Å²) in [6.07, 6.45) is 1.30. The van der Waals surface area contributed by atoms with Crippen LogP contribution in [0.4, 0.5) is 4.39 Å². The highest BCUT2D eigenvalue weighted by molar-refractivity contribution is 5.27. The molecule has 0 radical (unpaired) electrons. The van der Waals surface area contributed by atoms with Gasteiger partial charge in [-0.1, -0.05) is 19.9 Å². The first-order valence-corrected chi connectivity index (χ1v) is 6.78. The summed E-state index contributed by atoms with van der Waals surface area (Å²) in [7, 11) is 0. The maximum absolute atomic E-state index is 13.3. The van der Waals surface area contributed by atoms with Crippen LogP contribution in [0.2, 0.25) is 0 Å². The van der Waals surface area contributed by atoms with Crippen LogP contribution in [0.3, 0.4) is 0 Å². The molecule has 18 heavy (non-hydrogen) atoms. The van der Waals surface area contributed by atoms with Crippen molar-refractivity contribution in [2.45, 2.75) is 33.4 Å². The van der Waals surface area contributed by atoms with Gasteiger partial charge in [-0.2, -0.15) is 0 Å². The minimum atomic E-state index is -0.166. The summed E-state index contributed by atoms with van der Waals surface area (Å²) in [5.41, 5.74) is 7.82. The Morgan fingerprint density at radius 3 is 2.50 bits per heavy atom. The molecule has 1 aromatic rings. The molecular weight excluding hydrogens is 227 g/mol. The molecule has 1 saturated heterocycles. The van der Waals surface area contributed by atoms with Gasteiger partial charge in [0.05, 0.1) is 0 Å². The Balaban J connectivity index is 2.10. The van der Waals surface area contributed by atoms with Crippen LogP contribution >= 0.6 is 0 Å². The Bertz CT molecular complexity index is 395. The second-order valence-electron chi connectivity index (χ2n) is 5.76. The molecule has 0 bridgehead atoms. The van der Waals surface area contributed by atoms with Gasteiger partial charge in [0.2, 0.25) is 0 Å². The van der Waals surface area contributed by atoms with Crippen molar-refractivity contribution in [3.63, 3.8) is 0 Å². The van der Waals surface area contributed by atoms with Gasteiger partial charge >= 0.3 is 0 Å². The van der Waals surface area contributed by atoms with Gasteiger partial charge < -0.3 is 5.73 Å². The molecule has 0 amide bonds. The number of nitrogens with two attached hydrogens (primary N) is 1. The van der Waals surface area contributed by atoms with Gasteiger partial charge in [-0.25, -0.2) is 4.39 Å². The van der Waals surface area contributed by atoms with Crippen molar-refractivity contribution in [3.8, 4) is 0 Å². The summed E-state index contributed by atoms with van der Waals surface area (Å²) < 4.78 is 13.3. The predicted molar refractivity (Wildman–Crippen MR) is 72.5 cm³/mol. The third-order valence-electron chi connectivity index (χ3n) is 3.73. The fourth-order valence-corrected chi connectivity index (χ4v) is 3.10. The highest BCUT2D eigenvalue weighted by Gasteiger charge is 2.22. The Kier molecular flexibility index (Phi) is 4.36. The summed E-state index contributed by atoms with van der Waals surface area (Å²) in [4.78, 5) is 2.42. The summed E-state index contributed by atoms with van der Waals surface area (Å²) in [5.74, 6) is 1.28. The highest BCUT2D eigenvalue weighted by atomic mass is 19.1. The van der Waals surface area contributed by atoms with E-state index in [0.717, 1.165) is 42.6 Å². The Hall–Kier alpha value is -0.930. The van der Waals surface area contributed by atoms with Crippen molar-refractivity contribution in [1.29, 1.82) is 0 Å². The third-order valence-corrected chi connectivity index (χ3v) is 3.73.